The summed E-state index contributed by atoms with van der Waals surface area (Å²) in [5.41, 5.74) is 0. The lowest BCUT2D eigenvalue weighted by molar-refractivity contribution is 0.113. The number of hydrogen-bond acceptors (Lipinski definition) is 2. The second-order valence-corrected chi connectivity index (χ2v) is 3.30. The first-order valence-electron chi connectivity index (χ1n) is 4.92. The Bertz CT molecular complexity index is 100. The van der Waals surface area contributed by atoms with Crippen LogP contribution in [0.5, 0.6) is 0 Å². The van der Waals surface area contributed by atoms with E-state index in [0.29, 0.717) is 6.10 Å². The van der Waals surface area contributed by atoms with Crippen LogP contribution in [0, 0.1) is 6.92 Å². The van der Waals surface area contributed by atoms with Crippen molar-refractivity contribution in [3.63, 3.8) is 0 Å². The van der Waals surface area contributed by atoms with E-state index in [2.05, 4.69) is 6.92 Å². The Balaban J connectivity index is 1.65. The van der Waals surface area contributed by atoms with Crippen molar-refractivity contribution in [2.75, 3.05) is 19.8 Å². The third kappa shape index (κ3) is 5.56. The van der Waals surface area contributed by atoms with Gasteiger partial charge < -0.3 is 9.47 Å². The minimum absolute atomic E-state index is 0.421. The van der Waals surface area contributed by atoms with Gasteiger partial charge in [0.25, 0.3) is 0 Å². The van der Waals surface area contributed by atoms with Crippen LogP contribution in [-0.2, 0) is 9.47 Å². The molecule has 1 radical (unpaired) electrons. The highest BCUT2D eigenvalue weighted by Crippen LogP contribution is 2.09. The van der Waals surface area contributed by atoms with Crippen molar-refractivity contribution in [2.24, 2.45) is 0 Å². The van der Waals surface area contributed by atoms with E-state index < -0.39 is 0 Å². The molecule has 1 fully saturated rings. The van der Waals surface area contributed by atoms with Gasteiger partial charge in [0.2, 0.25) is 0 Å². The minimum atomic E-state index is 0.421. The van der Waals surface area contributed by atoms with Crippen molar-refractivity contribution < 1.29 is 9.47 Å². The largest absolute Gasteiger partial charge is 0.379 e. The fourth-order valence-corrected chi connectivity index (χ4v) is 1.11. The zero-order valence-corrected chi connectivity index (χ0v) is 7.76. The normalized spacial score (nSPS) is 21.2. The predicted molar refractivity (Wildman–Crippen MR) is 49.0 cm³/mol. The van der Waals surface area contributed by atoms with Gasteiger partial charge in [-0.2, -0.15) is 0 Å². The van der Waals surface area contributed by atoms with E-state index in [1.54, 1.807) is 0 Å². The average Bonchev–Trinajstić information content (AvgIpc) is 2.87. The molecule has 1 aliphatic heterocycles. The van der Waals surface area contributed by atoms with Gasteiger partial charge in [0.1, 0.15) is 6.10 Å². The van der Waals surface area contributed by atoms with Crippen molar-refractivity contribution >= 4 is 0 Å². The molecule has 71 valence electrons. The summed E-state index contributed by atoms with van der Waals surface area (Å²) in [6, 6.07) is 0. The molecule has 2 nitrogen and oxygen atoms in total. The van der Waals surface area contributed by atoms with Gasteiger partial charge in [-0.25, -0.2) is 0 Å². The van der Waals surface area contributed by atoms with Crippen LogP contribution >= 0.6 is 0 Å². The van der Waals surface area contributed by atoms with Gasteiger partial charge in [-0.05, 0) is 6.42 Å². The van der Waals surface area contributed by atoms with Crippen LogP contribution in [-0.4, -0.2) is 25.9 Å². The molecule has 0 spiro atoms. The lowest BCUT2D eigenvalue weighted by atomic mass is 10.2. The number of rotatable bonds is 8. The standard InChI is InChI=1S/C10H19O2/c1-2-3-4-5-6-7-11-8-10-9-12-10/h10H,1-9H2. The topological polar surface area (TPSA) is 21.8 Å². The Kier molecular flexibility index (Phi) is 5.37. The Labute approximate surface area is 75.2 Å². The van der Waals surface area contributed by atoms with Crippen molar-refractivity contribution in [1.82, 2.24) is 0 Å². The summed E-state index contributed by atoms with van der Waals surface area (Å²) in [6.07, 6.45) is 6.51. The van der Waals surface area contributed by atoms with E-state index in [1.807, 2.05) is 0 Å². The summed E-state index contributed by atoms with van der Waals surface area (Å²) < 4.78 is 10.4. The molecule has 0 amide bonds. The van der Waals surface area contributed by atoms with Crippen LogP contribution in [0.25, 0.3) is 0 Å². The monoisotopic (exact) mass is 171 g/mol. The van der Waals surface area contributed by atoms with E-state index >= 15 is 0 Å². The van der Waals surface area contributed by atoms with E-state index in [9.17, 15) is 0 Å². The van der Waals surface area contributed by atoms with E-state index in [1.165, 1.54) is 25.7 Å². The van der Waals surface area contributed by atoms with Crippen LogP contribution in [0.3, 0.4) is 0 Å². The maximum absolute atomic E-state index is 5.40. The SMILES string of the molecule is [CH2]CCCCCCOCC1CO1. The molecule has 0 bridgehead atoms. The summed E-state index contributed by atoms with van der Waals surface area (Å²) in [5, 5.41) is 0. The van der Waals surface area contributed by atoms with E-state index in [4.69, 9.17) is 9.47 Å². The average molecular weight is 171 g/mol. The molecule has 1 saturated heterocycles. The smallest absolute Gasteiger partial charge is 0.104 e. The Morgan fingerprint density at radius 1 is 1.25 bits per heavy atom. The third-order valence-electron chi connectivity index (χ3n) is 1.99. The predicted octanol–water partition coefficient (Wildman–Crippen LogP) is 2.19. The highest BCUT2D eigenvalue weighted by Gasteiger charge is 2.21. The van der Waals surface area contributed by atoms with Gasteiger partial charge >= 0.3 is 0 Å². The zero-order valence-electron chi connectivity index (χ0n) is 7.76. The van der Waals surface area contributed by atoms with Crippen LogP contribution in [0.4, 0.5) is 0 Å². The molecule has 1 atom stereocenters. The molecule has 1 unspecified atom stereocenters. The molecule has 0 saturated carbocycles. The Morgan fingerprint density at radius 3 is 2.67 bits per heavy atom. The van der Waals surface area contributed by atoms with Gasteiger partial charge in [-0.3, -0.25) is 0 Å². The summed E-state index contributed by atoms with van der Waals surface area (Å²) in [4.78, 5) is 0. The molecule has 0 aromatic heterocycles. The Hall–Kier alpha value is -0.0800. The summed E-state index contributed by atoms with van der Waals surface area (Å²) in [5.74, 6) is 0. The second kappa shape index (κ2) is 6.44. The van der Waals surface area contributed by atoms with Crippen molar-refractivity contribution in [1.29, 1.82) is 0 Å². The van der Waals surface area contributed by atoms with Gasteiger partial charge in [-0.15, -0.1) is 0 Å². The van der Waals surface area contributed by atoms with E-state index in [0.717, 1.165) is 26.2 Å². The summed E-state index contributed by atoms with van der Waals surface area (Å²) >= 11 is 0. The molecule has 1 heterocycles. The molecule has 1 rings (SSSR count). The number of epoxide rings is 1. The van der Waals surface area contributed by atoms with Crippen LogP contribution in [0.15, 0.2) is 0 Å². The van der Waals surface area contributed by atoms with Crippen LogP contribution in [0.1, 0.15) is 32.1 Å². The third-order valence-corrected chi connectivity index (χ3v) is 1.99. The maximum atomic E-state index is 5.40. The highest BCUT2D eigenvalue weighted by atomic mass is 16.6. The minimum Gasteiger partial charge on any atom is -0.379 e. The number of hydrogen-bond donors (Lipinski definition) is 0. The van der Waals surface area contributed by atoms with Gasteiger partial charge in [0.05, 0.1) is 13.2 Å². The van der Waals surface area contributed by atoms with Gasteiger partial charge in [0.15, 0.2) is 0 Å². The van der Waals surface area contributed by atoms with Crippen molar-refractivity contribution in [3.05, 3.63) is 6.92 Å². The lowest BCUT2D eigenvalue weighted by Gasteiger charge is -2.01. The van der Waals surface area contributed by atoms with Crippen molar-refractivity contribution in [3.8, 4) is 0 Å². The molecule has 2 heteroatoms. The lowest BCUT2D eigenvalue weighted by Crippen LogP contribution is -2.02. The molecule has 12 heavy (non-hydrogen) atoms. The molecule has 0 aromatic rings. The molecular formula is C10H19O2. The second-order valence-electron chi connectivity index (χ2n) is 3.30. The number of ether oxygens (including phenoxy) is 2. The van der Waals surface area contributed by atoms with Gasteiger partial charge in [0, 0.05) is 6.61 Å². The van der Waals surface area contributed by atoms with Crippen LogP contribution < -0.4 is 0 Å². The van der Waals surface area contributed by atoms with E-state index in [-0.39, 0.29) is 0 Å². The maximum Gasteiger partial charge on any atom is 0.104 e. The molecular weight excluding hydrogens is 152 g/mol. The first kappa shape index (κ1) is 10.0. The summed E-state index contributed by atoms with van der Waals surface area (Å²) in [7, 11) is 0. The zero-order chi connectivity index (χ0) is 8.65. The molecule has 1 aliphatic rings. The summed E-state index contributed by atoms with van der Waals surface area (Å²) in [6.45, 7) is 6.41. The molecule has 0 N–H and O–H groups in total. The first-order valence-corrected chi connectivity index (χ1v) is 4.92. The van der Waals surface area contributed by atoms with Crippen molar-refractivity contribution in [2.45, 2.75) is 38.2 Å². The first-order chi connectivity index (χ1) is 5.93. The fourth-order valence-electron chi connectivity index (χ4n) is 1.11. The highest BCUT2D eigenvalue weighted by molar-refractivity contribution is 4.66. The van der Waals surface area contributed by atoms with Crippen LogP contribution in [0.2, 0.25) is 0 Å². The molecule has 0 aliphatic carbocycles. The van der Waals surface area contributed by atoms with Gasteiger partial charge in [-0.1, -0.05) is 32.6 Å². The fraction of sp³-hybridized carbons (Fsp3) is 0.900. The number of unbranched alkanes of at least 4 members (excludes halogenated alkanes) is 4. The quantitative estimate of drug-likeness (QED) is 0.412. The Morgan fingerprint density at radius 2 is 2.00 bits per heavy atom. The molecule has 0 aromatic carbocycles.